The van der Waals surface area contributed by atoms with E-state index in [0.717, 1.165) is 18.9 Å². The van der Waals surface area contributed by atoms with Gasteiger partial charge in [-0.2, -0.15) is 0 Å². The summed E-state index contributed by atoms with van der Waals surface area (Å²) in [7, 11) is 0. The van der Waals surface area contributed by atoms with Crippen molar-refractivity contribution in [2.75, 3.05) is 18.0 Å². The monoisotopic (exact) mass is 258 g/mol. The fourth-order valence-corrected chi connectivity index (χ4v) is 3.57. The van der Waals surface area contributed by atoms with Gasteiger partial charge < -0.3 is 10.6 Å². The van der Waals surface area contributed by atoms with Crippen LogP contribution in [0.5, 0.6) is 0 Å². The van der Waals surface area contributed by atoms with Crippen molar-refractivity contribution in [1.82, 2.24) is 4.98 Å². The minimum atomic E-state index is 0.0857. The molecule has 1 saturated carbocycles. The third kappa shape index (κ3) is 2.44. The summed E-state index contributed by atoms with van der Waals surface area (Å²) < 4.78 is 0. The Bertz CT molecular complexity index is 450. The second kappa shape index (κ2) is 4.83. The van der Waals surface area contributed by atoms with Gasteiger partial charge in [-0.25, -0.2) is 4.98 Å². The van der Waals surface area contributed by atoms with Crippen LogP contribution in [-0.4, -0.2) is 23.9 Å². The number of piperidine rings is 1. The summed E-state index contributed by atoms with van der Waals surface area (Å²) in [6, 6.07) is 3.88. The molecule has 1 aliphatic heterocycles. The van der Waals surface area contributed by atoms with Gasteiger partial charge in [-0.05, 0) is 43.2 Å². The number of nitrogens with one attached hydrogen (secondary N) is 1. The highest BCUT2D eigenvalue weighted by molar-refractivity contribution is 5.94. The Labute approximate surface area is 114 Å². The molecule has 3 rings (SSSR count). The largest absolute Gasteiger partial charge is 0.384 e. The van der Waals surface area contributed by atoms with Crippen molar-refractivity contribution in [2.45, 2.75) is 38.5 Å². The lowest BCUT2D eigenvalue weighted by Gasteiger charge is -2.40. The van der Waals surface area contributed by atoms with Crippen LogP contribution in [-0.2, 0) is 0 Å². The summed E-state index contributed by atoms with van der Waals surface area (Å²) in [4.78, 5) is 6.81. The van der Waals surface area contributed by atoms with Gasteiger partial charge >= 0.3 is 0 Å². The maximum absolute atomic E-state index is 7.38. The molecule has 1 spiro atoms. The molecule has 1 saturated heterocycles. The number of nitrogens with two attached hydrogens (primary N) is 1. The Morgan fingerprint density at radius 1 is 1.16 bits per heavy atom. The van der Waals surface area contributed by atoms with Crippen LogP contribution in [0.1, 0.15) is 44.1 Å². The maximum Gasteiger partial charge on any atom is 0.128 e. The number of hydrogen-bond acceptors (Lipinski definition) is 3. The van der Waals surface area contributed by atoms with Crippen LogP contribution in [0.25, 0.3) is 0 Å². The van der Waals surface area contributed by atoms with E-state index in [1.807, 2.05) is 12.1 Å². The first-order valence-electron chi connectivity index (χ1n) is 7.24. The summed E-state index contributed by atoms with van der Waals surface area (Å²) in [6.45, 7) is 2.23. The second-order valence-electron chi connectivity index (χ2n) is 6.01. The van der Waals surface area contributed by atoms with E-state index in [2.05, 4.69) is 9.88 Å². The number of anilines is 1. The molecule has 4 heteroatoms. The second-order valence-corrected chi connectivity index (χ2v) is 6.01. The van der Waals surface area contributed by atoms with Gasteiger partial charge in [-0.1, -0.05) is 12.8 Å². The molecular weight excluding hydrogens is 236 g/mol. The molecule has 1 aliphatic carbocycles. The SMILES string of the molecule is N=C(N)c1ccc(N2CCC3(CCCC3)CC2)nc1. The Morgan fingerprint density at radius 2 is 1.84 bits per heavy atom. The lowest BCUT2D eigenvalue weighted by atomic mass is 9.77. The van der Waals surface area contributed by atoms with Gasteiger partial charge in [0.1, 0.15) is 11.7 Å². The molecule has 102 valence electrons. The minimum absolute atomic E-state index is 0.0857. The Balaban J connectivity index is 1.66. The molecule has 1 aromatic rings. The van der Waals surface area contributed by atoms with E-state index < -0.39 is 0 Å². The lowest BCUT2D eigenvalue weighted by molar-refractivity contribution is 0.226. The molecule has 0 unspecified atom stereocenters. The van der Waals surface area contributed by atoms with E-state index in [1.54, 1.807) is 6.20 Å². The first-order valence-corrected chi connectivity index (χ1v) is 7.24. The van der Waals surface area contributed by atoms with Crippen LogP contribution in [0, 0.1) is 10.8 Å². The molecule has 2 aliphatic rings. The number of aromatic nitrogens is 1. The van der Waals surface area contributed by atoms with E-state index in [0.29, 0.717) is 11.0 Å². The predicted molar refractivity (Wildman–Crippen MR) is 77.6 cm³/mol. The smallest absolute Gasteiger partial charge is 0.128 e. The van der Waals surface area contributed by atoms with Gasteiger partial charge in [0, 0.05) is 24.8 Å². The van der Waals surface area contributed by atoms with E-state index in [1.165, 1.54) is 38.5 Å². The fourth-order valence-electron chi connectivity index (χ4n) is 3.57. The molecule has 2 heterocycles. The molecule has 2 fully saturated rings. The molecule has 0 aromatic carbocycles. The van der Waals surface area contributed by atoms with E-state index >= 15 is 0 Å². The summed E-state index contributed by atoms with van der Waals surface area (Å²) >= 11 is 0. The van der Waals surface area contributed by atoms with Crippen LogP contribution in [0.2, 0.25) is 0 Å². The van der Waals surface area contributed by atoms with Crippen LogP contribution >= 0.6 is 0 Å². The van der Waals surface area contributed by atoms with Crippen molar-refractivity contribution in [3.8, 4) is 0 Å². The van der Waals surface area contributed by atoms with Gasteiger partial charge in [-0.3, -0.25) is 5.41 Å². The third-order valence-electron chi connectivity index (χ3n) is 4.87. The highest BCUT2D eigenvalue weighted by Gasteiger charge is 2.37. The van der Waals surface area contributed by atoms with Crippen LogP contribution < -0.4 is 10.6 Å². The van der Waals surface area contributed by atoms with Crippen LogP contribution in [0.3, 0.4) is 0 Å². The predicted octanol–water partition coefficient (Wildman–Crippen LogP) is 2.53. The zero-order valence-corrected chi connectivity index (χ0v) is 11.4. The molecule has 0 bridgehead atoms. The quantitative estimate of drug-likeness (QED) is 0.633. The molecule has 0 radical (unpaired) electrons. The molecule has 3 N–H and O–H groups in total. The average Bonchev–Trinajstić information content (AvgIpc) is 2.88. The van der Waals surface area contributed by atoms with Crippen molar-refractivity contribution >= 4 is 11.7 Å². The van der Waals surface area contributed by atoms with Crippen molar-refractivity contribution in [1.29, 1.82) is 5.41 Å². The topological polar surface area (TPSA) is 66.0 Å². The molecular formula is C15H22N4. The average molecular weight is 258 g/mol. The van der Waals surface area contributed by atoms with Crippen molar-refractivity contribution in [3.63, 3.8) is 0 Å². The number of pyridine rings is 1. The number of amidine groups is 1. The minimum Gasteiger partial charge on any atom is -0.384 e. The first kappa shape index (κ1) is 12.5. The molecule has 4 nitrogen and oxygen atoms in total. The highest BCUT2D eigenvalue weighted by atomic mass is 15.2. The normalized spacial score (nSPS) is 21.8. The molecule has 0 atom stereocenters. The summed E-state index contributed by atoms with van der Waals surface area (Å²) in [6.07, 6.45) is 10.0. The van der Waals surface area contributed by atoms with E-state index in [4.69, 9.17) is 11.1 Å². The maximum atomic E-state index is 7.38. The zero-order chi connectivity index (χ0) is 13.3. The fraction of sp³-hybridized carbons (Fsp3) is 0.600. The Morgan fingerprint density at radius 3 is 2.37 bits per heavy atom. The van der Waals surface area contributed by atoms with E-state index in [-0.39, 0.29) is 5.84 Å². The lowest BCUT2D eigenvalue weighted by Crippen LogP contribution is -2.39. The summed E-state index contributed by atoms with van der Waals surface area (Å²) in [5, 5.41) is 7.38. The van der Waals surface area contributed by atoms with E-state index in [9.17, 15) is 0 Å². The Kier molecular flexibility index (Phi) is 3.17. The number of nitrogens with zero attached hydrogens (tertiary/aromatic N) is 2. The van der Waals surface area contributed by atoms with Crippen molar-refractivity contribution in [3.05, 3.63) is 23.9 Å². The van der Waals surface area contributed by atoms with Gasteiger partial charge in [0.25, 0.3) is 0 Å². The highest BCUT2D eigenvalue weighted by Crippen LogP contribution is 2.46. The summed E-state index contributed by atoms with van der Waals surface area (Å²) in [5.41, 5.74) is 6.80. The van der Waals surface area contributed by atoms with Crippen molar-refractivity contribution in [2.24, 2.45) is 11.1 Å². The number of nitrogen functional groups attached to an aromatic ring is 1. The molecule has 0 amide bonds. The van der Waals surface area contributed by atoms with Gasteiger partial charge in [0.05, 0.1) is 0 Å². The zero-order valence-electron chi connectivity index (χ0n) is 11.4. The number of hydrogen-bond donors (Lipinski definition) is 2. The molecule has 1 aromatic heterocycles. The van der Waals surface area contributed by atoms with Crippen molar-refractivity contribution < 1.29 is 0 Å². The standard InChI is InChI=1S/C15H22N4/c16-14(17)12-3-4-13(18-11-12)19-9-7-15(8-10-19)5-1-2-6-15/h3-4,11H,1-2,5-10H2,(H3,16,17). The van der Waals surface area contributed by atoms with Crippen LogP contribution in [0.4, 0.5) is 5.82 Å². The Hall–Kier alpha value is -1.58. The third-order valence-corrected chi connectivity index (χ3v) is 4.87. The summed E-state index contributed by atoms with van der Waals surface area (Å²) in [5.74, 6) is 1.11. The van der Waals surface area contributed by atoms with Gasteiger partial charge in [0.15, 0.2) is 0 Å². The van der Waals surface area contributed by atoms with Gasteiger partial charge in [-0.15, -0.1) is 0 Å². The van der Waals surface area contributed by atoms with Crippen LogP contribution in [0.15, 0.2) is 18.3 Å². The molecule has 19 heavy (non-hydrogen) atoms. The first-order chi connectivity index (χ1) is 9.19. The number of rotatable bonds is 2. The van der Waals surface area contributed by atoms with Gasteiger partial charge in [0.2, 0.25) is 0 Å².